The van der Waals surface area contributed by atoms with Gasteiger partial charge in [-0.1, -0.05) is 54.1 Å². The average Bonchev–Trinajstić information content (AvgIpc) is 3.20. The second kappa shape index (κ2) is 8.07. The van der Waals surface area contributed by atoms with E-state index in [1.165, 1.54) is 0 Å². The molecule has 4 heteroatoms. The Morgan fingerprint density at radius 1 is 0.964 bits per heavy atom. The van der Waals surface area contributed by atoms with Gasteiger partial charge in [-0.05, 0) is 42.0 Å². The Bertz CT molecular complexity index is 956. The number of rotatable bonds is 5. The molecule has 28 heavy (non-hydrogen) atoms. The molecule has 0 unspecified atom stereocenters. The van der Waals surface area contributed by atoms with Crippen molar-refractivity contribution >= 4 is 23.1 Å². The molecule has 4 rings (SSSR count). The molecule has 1 aliphatic rings. The van der Waals surface area contributed by atoms with Crippen molar-refractivity contribution in [2.45, 2.75) is 5.92 Å². The summed E-state index contributed by atoms with van der Waals surface area (Å²) >= 11 is 6.08. The van der Waals surface area contributed by atoms with Gasteiger partial charge < -0.3 is 9.64 Å². The summed E-state index contributed by atoms with van der Waals surface area (Å²) in [6, 6.07) is 25.6. The lowest BCUT2D eigenvalue weighted by Crippen LogP contribution is -2.23. The zero-order valence-corrected chi connectivity index (χ0v) is 16.5. The molecule has 1 aliphatic heterocycles. The van der Waals surface area contributed by atoms with Crippen LogP contribution in [0, 0.1) is 5.92 Å². The molecule has 3 aromatic rings. The number of Topliss-reactive ketones (excluding diaryl/α,β-unsaturated/α-hetero) is 1. The number of nitrogens with zero attached hydrogens (tertiary/aromatic N) is 1. The summed E-state index contributed by atoms with van der Waals surface area (Å²) in [5.41, 5.74) is 2.98. The number of carbonyl (C=O) groups is 1. The molecule has 2 atom stereocenters. The van der Waals surface area contributed by atoms with Crippen LogP contribution in [-0.2, 0) is 0 Å². The lowest BCUT2D eigenvalue weighted by molar-refractivity contribution is 0.0921. The van der Waals surface area contributed by atoms with E-state index in [0.717, 1.165) is 17.8 Å². The van der Waals surface area contributed by atoms with Crippen LogP contribution >= 0.6 is 11.6 Å². The summed E-state index contributed by atoms with van der Waals surface area (Å²) in [5, 5.41) is 0.706. The number of carbonyl (C=O) groups excluding carboxylic acids is 1. The fourth-order valence-electron chi connectivity index (χ4n) is 3.96. The minimum atomic E-state index is -0.131. The summed E-state index contributed by atoms with van der Waals surface area (Å²) in [5.74, 6) is 0.828. The summed E-state index contributed by atoms with van der Waals surface area (Å²) in [4.78, 5) is 15.7. The van der Waals surface area contributed by atoms with Gasteiger partial charge in [0.15, 0.2) is 5.78 Å². The number of ketones is 1. The van der Waals surface area contributed by atoms with Crippen LogP contribution in [0.3, 0.4) is 0 Å². The molecule has 0 aliphatic carbocycles. The van der Waals surface area contributed by atoms with Gasteiger partial charge in [-0.2, -0.15) is 0 Å². The number of benzene rings is 3. The number of anilines is 1. The lowest BCUT2D eigenvalue weighted by atomic mass is 9.84. The van der Waals surface area contributed by atoms with Crippen molar-refractivity contribution in [3.05, 3.63) is 95.0 Å². The van der Waals surface area contributed by atoms with Crippen LogP contribution in [0.4, 0.5) is 5.69 Å². The monoisotopic (exact) mass is 391 g/mol. The smallest absolute Gasteiger partial charge is 0.168 e. The molecular formula is C24H22ClNO2. The van der Waals surface area contributed by atoms with Gasteiger partial charge in [0, 0.05) is 41.2 Å². The number of hydrogen-bond acceptors (Lipinski definition) is 3. The van der Waals surface area contributed by atoms with Gasteiger partial charge >= 0.3 is 0 Å². The SMILES string of the molecule is COc1cccc(C(=O)[C@@H]2CN(c3ccccc3)C[C@@H]2c2ccc(Cl)cc2)c1. The van der Waals surface area contributed by atoms with Gasteiger partial charge in [0.25, 0.3) is 0 Å². The van der Waals surface area contributed by atoms with Crippen LogP contribution in [0.25, 0.3) is 0 Å². The maximum Gasteiger partial charge on any atom is 0.168 e. The summed E-state index contributed by atoms with van der Waals surface area (Å²) < 4.78 is 5.31. The second-order valence-corrected chi connectivity index (χ2v) is 7.54. The molecule has 0 aromatic heterocycles. The fraction of sp³-hybridized carbons (Fsp3) is 0.208. The summed E-state index contributed by atoms with van der Waals surface area (Å²) in [7, 11) is 1.62. The topological polar surface area (TPSA) is 29.5 Å². The molecule has 1 heterocycles. The first kappa shape index (κ1) is 18.6. The normalized spacial score (nSPS) is 18.9. The fourth-order valence-corrected chi connectivity index (χ4v) is 4.08. The average molecular weight is 392 g/mol. The third kappa shape index (κ3) is 3.76. The van der Waals surface area contributed by atoms with Crippen molar-refractivity contribution in [1.82, 2.24) is 0 Å². The van der Waals surface area contributed by atoms with Gasteiger partial charge in [0.05, 0.1) is 7.11 Å². The summed E-state index contributed by atoms with van der Waals surface area (Å²) in [6.45, 7) is 1.49. The minimum absolute atomic E-state index is 0.108. The van der Waals surface area contributed by atoms with Gasteiger partial charge in [0.2, 0.25) is 0 Å². The quantitative estimate of drug-likeness (QED) is 0.541. The van der Waals surface area contributed by atoms with Gasteiger partial charge in [-0.25, -0.2) is 0 Å². The molecule has 1 saturated heterocycles. The van der Waals surface area contributed by atoms with Crippen molar-refractivity contribution in [1.29, 1.82) is 0 Å². The largest absolute Gasteiger partial charge is 0.497 e. The highest BCUT2D eigenvalue weighted by Crippen LogP contribution is 2.37. The molecule has 142 valence electrons. The molecule has 0 saturated carbocycles. The maximum absolute atomic E-state index is 13.4. The summed E-state index contributed by atoms with van der Waals surface area (Å²) in [6.07, 6.45) is 0. The van der Waals surface area contributed by atoms with Crippen molar-refractivity contribution in [2.75, 3.05) is 25.1 Å². The molecule has 3 nitrogen and oxygen atoms in total. The van der Waals surface area contributed by atoms with E-state index in [2.05, 4.69) is 17.0 Å². The molecule has 1 fully saturated rings. The molecule has 0 N–H and O–H groups in total. The van der Waals surface area contributed by atoms with E-state index in [4.69, 9.17) is 16.3 Å². The highest BCUT2D eigenvalue weighted by molar-refractivity contribution is 6.30. The maximum atomic E-state index is 13.4. The molecule has 3 aromatic carbocycles. The Labute approximate surface area is 170 Å². The standard InChI is InChI=1S/C24H22ClNO2/c1-28-21-9-5-6-18(14-21)24(27)23-16-26(20-7-3-2-4-8-20)15-22(23)17-10-12-19(25)13-11-17/h2-14,22-23H,15-16H2,1H3/t22-,23-/m1/s1. The van der Waals surface area contributed by atoms with E-state index in [1.54, 1.807) is 7.11 Å². The van der Waals surface area contributed by atoms with E-state index >= 15 is 0 Å². The molecule has 0 amide bonds. The predicted molar refractivity (Wildman–Crippen MR) is 114 cm³/mol. The Balaban J connectivity index is 1.68. The Morgan fingerprint density at radius 3 is 2.43 bits per heavy atom. The number of halogens is 1. The predicted octanol–water partition coefficient (Wildman–Crippen LogP) is 5.45. The molecule has 0 radical (unpaired) electrons. The first-order chi connectivity index (χ1) is 13.7. The Kier molecular flexibility index (Phi) is 5.36. The highest BCUT2D eigenvalue weighted by Gasteiger charge is 2.39. The van der Waals surface area contributed by atoms with E-state index in [0.29, 0.717) is 22.9 Å². The van der Waals surface area contributed by atoms with Crippen LogP contribution in [0.2, 0.25) is 5.02 Å². The van der Waals surface area contributed by atoms with Crippen molar-refractivity contribution < 1.29 is 9.53 Å². The number of hydrogen-bond donors (Lipinski definition) is 0. The van der Waals surface area contributed by atoms with E-state index < -0.39 is 0 Å². The number of ether oxygens (including phenoxy) is 1. The third-order valence-corrected chi connectivity index (χ3v) is 5.68. The molecular weight excluding hydrogens is 370 g/mol. The van der Waals surface area contributed by atoms with Crippen LogP contribution in [0.15, 0.2) is 78.9 Å². The molecule has 0 spiro atoms. The third-order valence-electron chi connectivity index (χ3n) is 5.43. The Hall–Kier alpha value is -2.78. The second-order valence-electron chi connectivity index (χ2n) is 7.10. The highest BCUT2D eigenvalue weighted by atomic mass is 35.5. The first-order valence-corrected chi connectivity index (χ1v) is 9.77. The van der Waals surface area contributed by atoms with Gasteiger partial charge in [-0.3, -0.25) is 4.79 Å². The van der Waals surface area contributed by atoms with Crippen molar-refractivity contribution in [2.24, 2.45) is 5.92 Å². The zero-order valence-electron chi connectivity index (χ0n) is 15.7. The first-order valence-electron chi connectivity index (χ1n) is 9.39. The van der Waals surface area contributed by atoms with E-state index in [9.17, 15) is 4.79 Å². The van der Waals surface area contributed by atoms with Crippen LogP contribution < -0.4 is 9.64 Å². The van der Waals surface area contributed by atoms with E-state index in [-0.39, 0.29) is 17.6 Å². The van der Waals surface area contributed by atoms with Crippen LogP contribution in [0.1, 0.15) is 21.8 Å². The number of methoxy groups -OCH3 is 1. The van der Waals surface area contributed by atoms with Crippen LogP contribution in [0.5, 0.6) is 5.75 Å². The van der Waals surface area contributed by atoms with Crippen LogP contribution in [-0.4, -0.2) is 26.0 Å². The van der Waals surface area contributed by atoms with Gasteiger partial charge in [0.1, 0.15) is 5.75 Å². The molecule has 0 bridgehead atoms. The zero-order chi connectivity index (χ0) is 19.5. The van der Waals surface area contributed by atoms with E-state index in [1.807, 2.05) is 66.7 Å². The number of para-hydroxylation sites is 1. The minimum Gasteiger partial charge on any atom is -0.497 e. The van der Waals surface area contributed by atoms with Crippen molar-refractivity contribution in [3.8, 4) is 5.75 Å². The lowest BCUT2D eigenvalue weighted by Gasteiger charge is -2.18. The Morgan fingerprint density at radius 2 is 1.71 bits per heavy atom. The van der Waals surface area contributed by atoms with Gasteiger partial charge in [-0.15, -0.1) is 0 Å². The van der Waals surface area contributed by atoms with Crippen molar-refractivity contribution in [3.63, 3.8) is 0 Å².